The fourth-order valence-electron chi connectivity index (χ4n) is 1.27. The first-order valence-corrected chi connectivity index (χ1v) is 7.34. The highest BCUT2D eigenvalue weighted by atomic mass is 32.2. The topological polar surface area (TPSA) is 30.0 Å². The van der Waals surface area contributed by atoms with E-state index in [0.717, 1.165) is 10.6 Å². The van der Waals surface area contributed by atoms with Crippen molar-refractivity contribution in [2.75, 3.05) is 6.26 Å². The maximum absolute atomic E-state index is 10.9. The molecule has 0 aliphatic heterocycles. The zero-order valence-electron chi connectivity index (χ0n) is 11.3. The fourth-order valence-corrected chi connectivity index (χ4v) is 1.79. The SMILES string of the molecule is Cc1ccc(C)nc1.Cc1ccc(S(C)=O)cc1. The van der Waals surface area contributed by atoms with Gasteiger partial charge in [0.05, 0.1) is 0 Å². The molecule has 2 aromatic rings. The van der Waals surface area contributed by atoms with Gasteiger partial charge in [-0.2, -0.15) is 0 Å². The summed E-state index contributed by atoms with van der Waals surface area (Å²) in [4.78, 5) is 4.97. The molecule has 1 aromatic carbocycles. The van der Waals surface area contributed by atoms with E-state index < -0.39 is 10.8 Å². The lowest BCUT2D eigenvalue weighted by atomic mass is 10.2. The second-order valence-electron chi connectivity index (χ2n) is 4.24. The Bertz CT molecular complexity index is 482. The normalized spacial score (nSPS) is 11.3. The molecule has 1 atom stereocenters. The summed E-state index contributed by atoms with van der Waals surface area (Å²) in [5.74, 6) is 0. The van der Waals surface area contributed by atoms with E-state index in [9.17, 15) is 4.21 Å². The van der Waals surface area contributed by atoms with E-state index in [1.807, 2.05) is 57.3 Å². The molecular weight excluding hydrogens is 242 g/mol. The Morgan fingerprint density at radius 3 is 1.83 bits per heavy atom. The van der Waals surface area contributed by atoms with E-state index in [1.54, 1.807) is 6.26 Å². The number of aryl methyl sites for hydroxylation is 3. The highest BCUT2D eigenvalue weighted by molar-refractivity contribution is 7.84. The Labute approximate surface area is 112 Å². The van der Waals surface area contributed by atoms with Crippen LogP contribution in [0.25, 0.3) is 0 Å². The number of hydrogen-bond donors (Lipinski definition) is 0. The van der Waals surface area contributed by atoms with Crippen molar-refractivity contribution in [3.63, 3.8) is 0 Å². The lowest BCUT2D eigenvalue weighted by molar-refractivity contribution is 0.687. The molecule has 0 radical (unpaired) electrons. The molecule has 0 aliphatic rings. The second kappa shape index (κ2) is 7.07. The number of benzene rings is 1. The molecule has 1 aromatic heterocycles. The van der Waals surface area contributed by atoms with Crippen molar-refractivity contribution in [2.45, 2.75) is 25.7 Å². The van der Waals surface area contributed by atoms with Crippen molar-refractivity contribution in [3.8, 4) is 0 Å². The van der Waals surface area contributed by atoms with Gasteiger partial charge in [-0.25, -0.2) is 0 Å². The van der Waals surface area contributed by atoms with Crippen molar-refractivity contribution in [2.24, 2.45) is 0 Å². The van der Waals surface area contributed by atoms with Gasteiger partial charge in [0, 0.05) is 33.8 Å². The van der Waals surface area contributed by atoms with E-state index in [0.29, 0.717) is 0 Å². The van der Waals surface area contributed by atoms with Gasteiger partial charge < -0.3 is 0 Å². The van der Waals surface area contributed by atoms with Crippen LogP contribution < -0.4 is 0 Å². The summed E-state index contributed by atoms with van der Waals surface area (Å²) in [6.45, 7) is 6.04. The molecule has 0 spiro atoms. The van der Waals surface area contributed by atoms with Crippen LogP contribution in [0.4, 0.5) is 0 Å². The molecule has 0 fully saturated rings. The first-order valence-electron chi connectivity index (χ1n) is 5.78. The summed E-state index contributed by atoms with van der Waals surface area (Å²) in [6, 6.07) is 11.8. The second-order valence-corrected chi connectivity index (χ2v) is 5.62. The van der Waals surface area contributed by atoms with E-state index in [2.05, 4.69) is 11.1 Å². The van der Waals surface area contributed by atoms with Gasteiger partial charge in [0.15, 0.2) is 0 Å². The zero-order chi connectivity index (χ0) is 13.5. The summed E-state index contributed by atoms with van der Waals surface area (Å²) < 4.78 is 10.9. The molecule has 1 heterocycles. The van der Waals surface area contributed by atoms with Gasteiger partial charge in [0.1, 0.15) is 0 Å². The number of hydrogen-bond acceptors (Lipinski definition) is 2. The number of aromatic nitrogens is 1. The first-order chi connectivity index (χ1) is 8.49. The van der Waals surface area contributed by atoms with Crippen LogP contribution in [0.5, 0.6) is 0 Å². The highest BCUT2D eigenvalue weighted by Gasteiger charge is 1.93. The highest BCUT2D eigenvalue weighted by Crippen LogP contribution is 2.05. The van der Waals surface area contributed by atoms with Crippen molar-refractivity contribution >= 4 is 10.8 Å². The van der Waals surface area contributed by atoms with Crippen LogP contribution in [0, 0.1) is 20.8 Å². The average molecular weight is 261 g/mol. The van der Waals surface area contributed by atoms with Gasteiger partial charge in [-0.05, 0) is 44.5 Å². The third-order valence-corrected chi connectivity index (χ3v) is 3.35. The molecule has 96 valence electrons. The van der Waals surface area contributed by atoms with Crippen LogP contribution >= 0.6 is 0 Å². The lowest BCUT2D eigenvalue weighted by Crippen LogP contribution is -1.85. The summed E-state index contributed by atoms with van der Waals surface area (Å²) in [5, 5.41) is 0. The Hall–Kier alpha value is -1.48. The van der Waals surface area contributed by atoms with Crippen LogP contribution in [-0.2, 0) is 10.8 Å². The molecule has 0 aliphatic carbocycles. The van der Waals surface area contributed by atoms with Gasteiger partial charge in [0.2, 0.25) is 0 Å². The van der Waals surface area contributed by atoms with Crippen LogP contribution in [-0.4, -0.2) is 15.4 Å². The Morgan fingerprint density at radius 1 is 0.889 bits per heavy atom. The molecule has 0 saturated heterocycles. The maximum Gasteiger partial charge on any atom is 0.0498 e. The Balaban J connectivity index is 0.000000184. The van der Waals surface area contributed by atoms with Crippen molar-refractivity contribution < 1.29 is 4.21 Å². The fraction of sp³-hybridized carbons (Fsp3) is 0.267. The van der Waals surface area contributed by atoms with E-state index in [4.69, 9.17) is 0 Å². The molecule has 0 amide bonds. The van der Waals surface area contributed by atoms with Gasteiger partial charge >= 0.3 is 0 Å². The average Bonchev–Trinajstić information content (AvgIpc) is 2.34. The van der Waals surface area contributed by atoms with Crippen LogP contribution in [0.2, 0.25) is 0 Å². The lowest BCUT2D eigenvalue weighted by Gasteiger charge is -1.94. The van der Waals surface area contributed by atoms with Crippen molar-refractivity contribution in [3.05, 3.63) is 59.4 Å². The minimum atomic E-state index is -0.837. The number of rotatable bonds is 1. The first kappa shape index (κ1) is 14.6. The third kappa shape index (κ3) is 5.23. The monoisotopic (exact) mass is 261 g/mol. The van der Waals surface area contributed by atoms with Crippen molar-refractivity contribution in [1.82, 2.24) is 4.98 Å². The van der Waals surface area contributed by atoms with E-state index in [1.165, 1.54) is 11.1 Å². The minimum absolute atomic E-state index is 0.837. The maximum atomic E-state index is 10.9. The van der Waals surface area contributed by atoms with Crippen LogP contribution in [0.1, 0.15) is 16.8 Å². The van der Waals surface area contributed by atoms with E-state index >= 15 is 0 Å². The smallest absolute Gasteiger partial charge is 0.0498 e. The molecule has 3 heteroatoms. The van der Waals surface area contributed by atoms with Crippen LogP contribution in [0.15, 0.2) is 47.5 Å². The summed E-state index contributed by atoms with van der Waals surface area (Å²) >= 11 is 0. The predicted molar refractivity (Wildman–Crippen MR) is 77.2 cm³/mol. The Morgan fingerprint density at radius 2 is 1.44 bits per heavy atom. The molecule has 18 heavy (non-hydrogen) atoms. The van der Waals surface area contributed by atoms with Gasteiger partial charge in [0.25, 0.3) is 0 Å². The molecule has 0 N–H and O–H groups in total. The number of pyridine rings is 1. The van der Waals surface area contributed by atoms with E-state index in [-0.39, 0.29) is 0 Å². The standard InChI is InChI=1S/C8H10OS.C7H9N/c1-7-3-5-8(6-4-7)10(2)9;1-6-3-4-7(2)8-5-6/h3-6H,1-2H3;3-5H,1-2H3. The zero-order valence-corrected chi connectivity index (χ0v) is 12.1. The third-order valence-electron chi connectivity index (χ3n) is 2.41. The quantitative estimate of drug-likeness (QED) is 0.787. The predicted octanol–water partition coefficient (Wildman–Crippen LogP) is 3.43. The minimum Gasteiger partial charge on any atom is -0.261 e. The van der Waals surface area contributed by atoms with Gasteiger partial charge in [-0.15, -0.1) is 0 Å². The molecule has 1 unspecified atom stereocenters. The molecule has 0 saturated carbocycles. The van der Waals surface area contributed by atoms with Crippen molar-refractivity contribution in [1.29, 1.82) is 0 Å². The van der Waals surface area contributed by atoms with Gasteiger partial charge in [-0.1, -0.05) is 23.8 Å². The molecule has 2 rings (SSSR count). The molecule has 2 nitrogen and oxygen atoms in total. The summed E-state index contributed by atoms with van der Waals surface area (Å²) in [5.41, 5.74) is 3.50. The largest absolute Gasteiger partial charge is 0.261 e. The molecular formula is C15H19NOS. The number of nitrogens with zero attached hydrogens (tertiary/aromatic N) is 1. The van der Waals surface area contributed by atoms with Gasteiger partial charge in [-0.3, -0.25) is 9.19 Å². The molecule has 0 bridgehead atoms. The summed E-state index contributed by atoms with van der Waals surface area (Å²) in [6.07, 6.45) is 3.56. The summed E-state index contributed by atoms with van der Waals surface area (Å²) in [7, 11) is -0.837. The Kier molecular flexibility index (Phi) is 5.72. The van der Waals surface area contributed by atoms with Crippen LogP contribution in [0.3, 0.4) is 0 Å².